The minimum Gasteiger partial charge on any atom is -0.480 e. The van der Waals surface area contributed by atoms with E-state index in [4.69, 9.17) is 9.84 Å². The molecule has 0 aliphatic heterocycles. The van der Waals surface area contributed by atoms with Crippen molar-refractivity contribution in [3.05, 3.63) is 48.0 Å². The third-order valence-electron chi connectivity index (χ3n) is 2.79. The van der Waals surface area contributed by atoms with Gasteiger partial charge >= 0.3 is 12.1 Å². The molecule has 0 unspecified atom stereocenters. The molecule has 0 bridgehead atoms. The van der Waals surface area contributed by atoms with Crippen LogP contribution in [0.5, 0.6) is 0 Å². The molecule has 0 fully saturated rings. The predicted molar refractivity (Wildman–Crippen MR) is 83.6 cm³/mol. The standard InChI is InChI=1S/C16H20N2O5/c1-11(2)8-13(15(20)21)18-14(19)9-17-16(22)23-10-12-6-4-3-5-7-12/h3-7,13H,1,8-10H2,2H3,(H,17,22)(H,18,19)(H,20,21)/t13-/m0/s1. The van der Waals surface area contributed by atoms with Crippen molar-refractivity contribution in [3.63, 3.8) is 0 Å². The first-order valence-electron chi connectivity index (χ1n) is 6.99. The zero-order valence-corrected chi connectivity index (χ0v) is 12.9. The fourth-order valence-electron chi connectivity index (χ4n) is 1.72. The maximum atomic E-state index is 11.6. The summed E-state index contributed by atoms with van der Waals surface area (Å²) in [5.41, 5.74) is 1.45. The van der Waals surface area contributed by atoms with Crippen molar-refractivity contribution >= 4 is 18.0 Å². The van der Waals surface area contributed by atoms with Gasteiger partial charge in [-0.05, 0) is 18.9 Å². The number of hydrogen-bond donors (Lipinski definition) is 3. The van der Waals surface area contributed by atoms with Gasteiger partial charge in [0.15, 0.2) is 0 Å². The van der Waals surface area contributed by atoms with Gasteiger partial charge in [-0.3, -0.25) is 4.79 Å². The first-order chi connectivity index (χ1) is 10.9. The van der Waals surface area contributed by atoms with Crippen molar-refractivity contribution in [2.24, 2.45) is 0 Å². The molecule has 1 aromatic rings. The molecule has 0 aromatic heterocycles. The van der Waals surface area contributed by atoms with E-state index in [0.717, 1.165) is 5.56 Å². The molecule has 3 N–H and O–H groups in total. The average molecular weight is 320 g/mol. The van der Waals surface area contributed by atoms with Crippen LogP contribution < -0.4 is 10.6 Å². The van der Waals surface area contributed by atoms with Crippen LogP contribution in [-0.2, 0) is 20.9 Å². The number of hydrogen-bond acceptors (Lipinski definition) is 4. The second-order valence-electron chi connectivity index (χ2n) is 5.03. The largest absolute Gasteiger partial charge is 0.480 e. The average Bonchev–Trinajstić information content (AvgIpc) is 2.50. The first-order valence-corrected chi connectivity index (χ1v) is 6.99. The van der Waals surface area contributed by atoms with Gasteiger partial charge in [0.1, 0.15) is 19.2 Å². The minimum atomic E-state index is -1.16. The zero-order valence-electron chi connectivity index (χ0n) is 12.9. The number of nitrogens with one attached hydrogen (secondary N) is 2. The SMILES string of the molecule is C=C(C)C[C@H](NC(=O)CNC(=O)OCc1ccccc1)C(=O)O. The number of carboxylic acid groups (broad SMARTS) is 1. The molecule has 23 heavy (non-hydrogen) atoms. The fraction of sp³-hybridized carbons (Fsp3) is 0.312. The highest BCUT2D eigenvalue weighted by molar-refractivity contribution is 5.86. The summed E-state index contributed by atoms with van der Waals surface area (Å²) in [6.07, 6.45) is -0.629. The van der Waals surface area contributed by atoms with Crippen molar-refractivity contribution < 1.29 is 24.2 Å². The van der Waals surface area contributed by atoms with Crippen LogP contribution >= 0.6 is 0 Å². The monoisotopic (exact) mass is 320 g/mol. The van der Waals surface area contributed by atoms with E-state index in [-0.39, 0.29) is 19.6 Å². The van der Waals surface area contributed by atoms with Crippen LogP contribution in [0, 0.1) is 0 Å². The summed E-state index contributed by atoms with van der Waals surface area (Å²) in [6.45, 7) is 4.99. The number of rotatable bonds is 8. The Morgan fingerprint density at radius 1 is 1.26 bits per heavy atom. The van der Waals surface area contributed by atoms with Crippen molar-refractivity contribution in [3.8, 4) is 0 Å². The highest BCUT2D eigenvalue weighted by Gasteiger charge is 2.20. The Balaban J connectivity index is 2.32. The van der Waals surface area contributed by atoms with Crippen LogP contribution in [0.3, 0.4) is 0 Å². The van der Waals surface area contributed by atoms with Crippen LogP contribution in [-0.4, -0.2) is 35.7 Å². The molecular formula is C16H20N2O5. The van der Waals surface area contributed by atoms with Gasteiger partial charge in [-0.25, -0.2) is 9.59 Å². The lowest BCUT2D eigenvalue weighted by Gasteiger charge is -2.14. The van der Waals surface area contributed by atoms with Crippen molar-refractivity contribution in [2.45, 2.75) is 26.0 Å². The smallest absolute Gasteiger partial charge is 0.407 e. The lowest BCUT2D eigenvalue weighted by atomic mass is 10.1. The van der Waals surface area contributed by atoms with Gasteiger partial charge in [-0.2, -0.15) is 0 Å². The molecule has 0 spiro atoms. The summed E-state index contributed by atoms with van der Waals surface area (Å²) in [7, 11) is 0. The molecular weight excluding hydrogens is 300 g/mol. The molecule has 1 aromatic carbocycles. The van der Waals surface area contributed by atoms with Gasteiger partial charge < -0.3 is 20.5 Å². The lowest BCUT2D eigenvalue weighted by molar-refractivity contribution is -0.141. The summed E-state index contributed by atoms with van der Waals surface area (Å²) in [4.78, 5) is 34.1. The molecule has 124 valence electrons. The highest BCUT2D eigenvalue weighted by atomic mass is 16.5. The number of carbonyl (C=O) groups excluding carboxylic acids is 2. The number of ether oxygens (including phenoxy) is 1. The summed E-state index contributed by atoms with van der Waals surface area (Å²) < 4.78 is 4.93. The number of aliphatic carboxylic acids is 1. The Morgan fingerprint density at radius 3 is 2.48 bits per heavy atom. The summed E-state index contributed by atoms with van der Waals surface area (Å²) in [5.74, 6) is -1.77. The van der Waals surface area contributed by atoms with Crippen molar-refractivity contribution in [2.75, 3.05) is 6.54 Å². The Hall–Kier alpha value is -2.83. The second kappa shape index (κ2) is 9.24. The maximum absolute atomic E-state index is 11.6. The Bertz CT molecular complexity index is 571. The van der Waals surface area contributed by atoms with E-state index >= 15 is 0 Å². The van der Waals surface area contributed by atoms with Crippen molar-refractivity contribution in [1.82, 2.24) is 10.6 Å². The van der Waals surface area contributed by atoms with Gasteiger partial charge in [0.05, 0.1) is 0 Å². The molecule has 0 saturated heterocycles. The van der Waals surface area contributed by atoms with Gasteiger partial charge in [0, 0.05) is 0 Å². The minimum absolute atomic E-state index is 0.0850. The third-order valence-corrected chi connectivity index (χ3v) is 2.79. The second-order valence-corrected chi connectivity index (χ2v) is 5.03. The fourth-order valence-corrected chi connectivity index (χ4v) is 1.72. The van der Waals surface area contributed by atoms with E-state index in [1.165, 1.54) is 0 Å². The van der Waals surface area contributed by atoms with Gasteiger partial charge in [0.2, 0.25) is 5.91 Å². The van der Waals surface area contributed by atoms with E-state index in [1.54, 1.807) is 19.1 Å². The van der Waals surface area contributed by atoms with Crippen molar-refractivity contribution in [1.29, 1.82) is 0 Å². The summed E-state index contributed by atoms with van der Waals surface area (Å²) >= 11 is 0. The number of alkyl carbamates (subject to hydrolysis) is 1. The topological polar surface area (TPSA) is 105 Å². The summed E-state index contributed by atoms with van der Waals surface area (Å²) in [6, 6.07) is 8.01. The van der Waals surface area contributed by atoms with Crippen LogP contribution in [0.15, 0.2) is 42.5 Å². The van der Waals surface area contributed by atoms with Gasteiger partial charge in [0.25, 0.3) is 0 Å². The van der Waals surface area contributed by atoms with E-state index < -0.39 is 24.0 Å². The van der Waals surface area contributed by atoms with E-state index in [1.807, 2.05) is 18.2 Å². The van der Waals surface area contributed by atoms with Crippen LogP contribution in [0.1, 0.15) is 18.9 Å². The molecule has 0 heterocycles. The quantitative estimate of drug-likeness (QED) is 0.629. The Labute approximate surface area is 134 Å². The molecule has 1 atom stereocenters. The van der Waals surface area contributed by atoms with Gasteiger partial charge in [-0.1, -0.05) is 35.9 Å². The van der Waals surface area contributed by atoms with Crippen LogP contribution in [0.2, 0.25) is 0 Å². The first kappa shape index (κ1) is 18.2. The maximum Gasteiger partial charge on any atom is 0.407 e. The number of carbonyl (C=O) groups is 3. The Kier molecular flexibility index (Phi) is 7.32. The number of benzene rings is 1. The molecule has 7 nitrogen and oxygen atoms in total. The molecule has 0 aliphatic rings. The normalized spacial score (nSPS) is 11.2. The lowest BCUT2D eigenvalue weighted by Crippen LogP contribution is -2.45. The van der Waals surface area contributed by atoms with Gasteiger partial charge in [-0.15, -0.1) is 6.58 Å². The van der Waals surface area contributed by atoms with E-state index in [0.29, 0.717) is 5.57 Å². The highest BCUT2D eigenvalue weighted by Crippen LogP contribution is 2.02. The predicted octanol–water partition coefficient (Wildman–Crippen LogP) is 1.45. The number of carboxylic acids is 1. The number of amides is 2. The summed E-state index contributed by atoms with van der Waals surface area (Å²) in [5, 5.41) is 13.6. The molecule has 0 aliphatic carbocycles. The molecule has 7 heteroatoms. The Morgan fingerprint density at radius 2 is 1.91 bits per heavy atom. The molecule has 2 amide bonds. The zero-order chi connectivity index (χ0) is 17.2. The third kappa shape index (κ3) is 7.66. The van der Waals surface area contributed by atoms with E-state index in [2.05, 4.69) is 17.2 Å². The molecule has 0 radical (unpaired) electrons. The van der Waals surface area contributed by atoms with E-state index in [9.17, 15) is 14.4 Å². The molecule has 0 saturated carbocycles. The van der Waals surface area contributed by atoms with Crippen LogP contribution in [0.25, 0.3) is 0 Å². The van der Waals surface area contributed by atoms with Crippen LogP contribution in [0.4, 0.5) is 4.79 Å². The molecule has 1 rings (SSSR count).